The molecule has 0 bridgehead atoms. The van der Waals surface area contributed by atoms with E-state index < -0.39 is 218 Å². The molecule has 0 rings (SSSR count). The minimum Gasteiger partial charge on any atom is -0.481 e. The lowest BCUT2D eigenvalue weighted by Gasteiger charge is -2.50. The van der Waals surface area contributed by atoms with Gasteiger partial charge in [-0.25, -0.2) is 0 Å². The highest BCUT2D eigenvalue weighted by Gasteiger charge is 2.49. The Morgan fingerprint density at radius 1 is 0.265 bits per heavy atom. The van der Waals surface area contributed by atoms with Gasteiger partial charge in [-0.3, -0.25) is 4.79 Å². The van der Waals surface area contributed by atoms with Crippen molar-refractivity contribution in [2.24, 2.45) is 53.3 Å². The fourth-order valence-corrected chi connectivity index (χ4v) is 10.6. The second-order valence-corrected chi connectivity index (χ2v) is 19.2. The zero-order valence-electron chi connectivity index (χ0n) is 39.7. The molecule has 0 aromatic rings. The number of aliphatic carboxylic acids is 1. The molecule has 22 heteroatoms. The van der Waals surface area contributed by atoms with E-state index in [-0.39, 0.29) is 32.3 Å². The van der Waals surface area contributed by atoms with Crippen LogP contribution in [0.4, 0.5) is 0 Å². The van der Waals surface area contributed by atoms with Gasteiger partial charge < -0.3 is 107 Å². The molecule has 0 aliphatic rings. The summed E-state index contributed by atoms with van der Waals surface area (Å²) in [6, 6.07) is 0. The third-order valence-corrected chi connectivity index (χ3v) is 13.9. The first-order valence-corrected chi connectivity index (χ1v) is 24.4. The van der Waals surface area contributed by atoms with Crippen LogP contribution in [0, 0.1) is 53.3 Å². The molecule has 19 atom stereocenters. The Labute approximate surface area is 400 Å². The molecule has 21 N–H and O–H groups in total. The van der Waals surface area contributed by atoms with Gasteiger partial charge in [0.1, 0.15) is 0 Å². The van der Waals surface area contributed by atoms with Crippen LogP contribution in [0.1, 0.15) is 103 Å². The molecule has 68 heavy (non-hydrogen) atoms. The predicted molar refractivity (Wildman–Crippen MR) is 244 cm³/mol. The summed E-state index contributed by atoms with van der Waals surface area (Å²) in [6.07, 6.45) is -15.3. The minimum atomic E-state index is -1.70. The summed E-state index contributed by atoms with van der Waals surface area (Å²) in [4.78, 5) is 13.2. The van der Waals surface area contributed by atoms with Crippen LogP contribution in [0.5, 0.6) is 0 Å². The Morgan fingerprint density at radius 2 is 0.500 bits per heavy atom. The molecule has 0 radical (unpaired) electrons. The number of aliphatic hydroxyl groups is 20. The Kier molecular flexibility index (Phi) is 37.6. The van der Waals surface area contributed by atoms with E-state index >= 15 is 0 Å². The summed E-state index contributed by atoms with van der Waals surface area (Å²) in [6.45, 7) is -8.13. The molecular weight excluding hydrogens is 904 g/mol. The lowest BCUT2D eigenvalue weighted by molar-refractivity contribution is -0.149. The maximum atomic E-state index is 13.2. The SMILES string of the molecule is O=C(O)C(CC(O)CO)C(CC(O)CO)C(CC(O)CO)C(CC(O)CO)C(CC(O)CO)C(CC(O)CO)C(CC(O)CO)C(CC(O)CO)C(CCCCCCCC(O)CO)CC(O)CO. The van der Waals surface area contributed by atoms with E-state index in [2.05, 4.69) is 0 Å². The van der Waals surface area contributed by atoms with E-state index in [9.17, 15) is 107 Å². The normalized spacial score (nSPS) is 20.9. The topological polar surface area (TPSA) is 442 Å². The molecule has 0 aliphatic carbocycles. The van der Waals surface area contributed by atoms with Crippen LogP contribution >= 0.6 is 0 Å². The van der Waals surface area contributed by atoms with Gasteiger partial charge in [0.15, 0.2) is 0 Å². The van der Waals surface area contributed by atoms with Gasteiger partial charge in [-0.05, 0) is 112 Å². The van der Waals surface area contributed by atoms with Crippen molar-refractivity contribution in [3.8, 4) is 0 Å². The smallest absolute Gasteiger partial charge is 0.306 e. The second kappa shape index (κ2) is 38.3. The van der Waals surface area contributed by atoms with Gasteiger partial charge in [0.2, 0.25) is 0 Å². The predicted octanol–water partition coefficient (Wildman–Crippen LogP) is -4.61. The molecule has 408 valence electrons. The highest BCUT2D eigenvalue weighted by Crippen LogP contribution is 2.51. The number of unbranched alkanes of at least 4 members (excludes halogenated alkanes) is 4. The molecule has 22 nitrogen and oxygen atoms in total. The van der Waals surface area contributed by atoms with E-state index in [1.807, 2.05) is 0 Å². The Bertz CT molecular complexity index is 1210. The first-order chi connectivity index (χ1) is 32.2. The summed E-state index contributed by atoms with van der Waals surface area (Å²) in [5, 5.41) is 222. The van der Waals surface area contributed by atoms with E-state index in [0.29, 0.717) is 38.5 Å². The molecule has 0 heterocycles. The highest BCUT2D eigenvalue weighted by molar-refractivity contribution is 5.70. The Balaban J connectivity index is 8.68. The number of hydrogen-bond donors (Lipinski definition) is 21. The number of hydrogen-bond acceptors (Lipinski definition) is 21. The van der Waals surface area contributed by atoms with E-state index in [1.54, 1.807) is 0 Å². The average molecular weight is 997 g/mol. The molecule has 0 saturated carbocycles. The fourth-order valence-electron chi connectivity index (χ4n) is 10.6. The summed E-state index contributed by atoms with van der Waals surface area (Å²) >= 11 is 0. The monoisotopic (exact) mass is 997 g/mol. The molecule has 0 fully saturated rings. The van der Waals surface area contributed by atoms with Gasteiger partial charge >= 0.3 is 5.97 Å². The lowest BCUT2D eigenvalue weighted by Crippen LogP contribution is -2.48. The number of carboxylic acids is 1. The minimum absolute atomic E-state index is 0.125. The van der Waals surface area contributed by atoms with Crippen molar-refractivity contribution in [2.75, 3.05) is 66.1 Å². The van der Waals surface area contributed by atoms with Crippen molar-refractivity contribution >= 4 is 5.97 Å². The molecular formula is C46H92O22. The van der Waals surface area contributed by atoms with Crippen molar-refractivity contribution in [3.63, 3.8) is 0 Å². The zero-order chi connectivity index (χ0) is 51.9. The Morgan fingerprint density at radius 3 is 0.824 bits per heavy atom. The molecule has 19 unspecified atom stereocenters. The maximum absolute atomic E-state index is 13.2. The molecule has 0 aliphatic heterocycles. The summed E-state index contributed by atoms with van der Waals surface area (Å²) < 4.78 is 0. The van der Waals surface area contributed by atoms with E-state index in [1.165, 1.54) is 0 Å². The van der Waals surface area contributed by atoms with E-state index in [0.717, 1.165) is 0 Å². The third kappa shape index (κ3) is 25.9. The van der Waals surface area contributed by atoms with Crippen LogP contribution in [0.25, 0.3) is 0 Å². The molecule has 0 amide bonds. The van der Waals surface area contributed by atoms with Gasteiger partial charge in [0, 0.05) is 0 Å². The molecule has 0 aromatic heterocycles. The van der Waals surface area contributed by atoms with Gasteiger partial charge in [0.25, 0.3) is 0 Å². The van der Waals surface area contributed by atoms with Crippen LogP contribution in [0.2, 0.25) is 0 Å². The Hall–Kier alpha value is -1.33. The zero-order valence-corrected chi connectivity index (χ0v) is 39.7. The van der Waals surface area contributed by atoms with Crippen LogP contribution < -0.4 is 0 Å². The van der Waals surface area contributed by atoms with Crippen molar-refractivity contribution < 1.29 is 112 Å². The third-order valence-electron chi connectivity index (χ3n) is 13.9. The van der Waals surface area contributed by atoms with Crippen LogP contribution in [0.15, 0.2) is 0 Å². The highest BCUT2D eigenvalue weighted by atomic mass is 16.4. The lowest BCUT2D eigenvalue weighted by atomic mass is 9.56. The number of aliphatic hydroxyl groups excluding tert-OH is 20. The van der Waals surface area contributed by atoms with Crippen molar-refractivity contribution in [1.82, 2.24) is 0 Å². The first-order valence-electron chi connectivity index (χ1n) is 24.4. The quantitative estimate of drug-likeness (QED) is 0.0255. The molecule has 0 aromatic carbocycles. The number of carboxylic acid groups (broad SMARTS) is 1. The standard InChI is InChI=1S/C46H92O22/c47-17-28(57)7-5-3-1-2-4-6-27(8-29(58)18-48)38(9-30(59)19-49)39(10-31(60)20-50)40(11-32(61)21-51)41(12-33(62)22-52)42(13-34(63)23-53)43(14-35(64)24-54)44(15-36(65)25-55)45(46(67)68)16-37(66)26-56/h27-45,47-66H,1-26H2,(H,67,68). The van der Waals surface area contributed by atoms with Gasteiger partial charge in [-0.15, -0.1) is 0 Å². The average Bonchev–Trinajstić information content (AvgIpc) is 3.33. The van der Waals surface area contributed by atoms with Crippen LogP contribution in [-0.4, -0.2) is 240 Å². The van der Waals surface area contributed by atoms with Crippen molar-refractivity contribution in [1.29, 1.82) is 0 Å². The van der Waals surface area contributed by atoms with E-state index in [4.69, 9.17) is 5.11 Å². The van der Waals surface area contributed by atoms with Crippen LogP contribution in [0.3, 0.4) is 0 Å². The van der Waals surface area contributed by atoms with Crippen molar-refractivity contribution in [3.05, 3.63) is 0 Å². The fraction of sp³-hybridized carbons (Fsp3) is 0.978. The number of carbonyl (C=O) groups is 1. The van der Waals surface area contributed by atoms with Gasteiger partial charge in [-0.1, -0.05) is 38.5 Å². The van der Waals surface area contributed by atoms with Gasteiger partial charge in [-0.2, -0.15) is 0 Å². The maximum Gasteiger partial charge on any atom is 0.306 e. The summed E-state index contributed by atoms with van der Waals surface area (Å²) in [5.74, 6) is -12.6. The number of rotatable bonds is 45. The first kappa shape index (κ1) is 66.7. The summed E-state index contributed by atoms with van der Waals surface area (Å²) in [5.41, 5.74) is 0. The van der Waals surface area contributed by atoms with Gasteiger partial charge in [0.05, 0.1) is 133 Å². The summed E-state index contributed by atoms with van der Waals surface area (Å²) in [7, 11) is 0. The van der Waals surface area contributed by atoms with Crippen LogP contribution in [-0.2, 0) is 4.79 Å². The largest absolute Gasteiger partial charge is 0.481 e. The van der Waals surface area contributed by atoms with Crippen molar-refractivity contribution in [2.45, 2.75) is 164 Å². The molecule has 0 saturated heterocycles. The second-order valence-electron chi connectivity index (χ2n) is 19.2. The molecule has 0 spiro atoms.